The minimum absolute atomic E-state index is 0.964. The molecule has 1 aromatic rings. The van der Waals surface area contributed by atoms with Crippen molar-refractivity contribution in [3.8, 4) is 0 Å². The van der Waals surface area contributed by atoms with Gasteiger partial charge in [-0.15, -0.1) is 0 Å². The molecule has 0 unspecified atom stereocenters. The molecule has 1 aliphatic rings. The predicted octanol–water partition coefficient (Wildman–Crippen LogP) is 0.966. The normalized spacial score (nSPS) is 15.6. The summed E-state index contributed by atoms with van der Waals surface area (Å²) in [6.45, 7) is 2.91. The lowest BCUT2D eigenvalue weighted by Gasteiger charge is -2.04. The zero-order valence-electron chi connectivity index (χ0n) is 8.02. The van der Waals surface area contributed by atoms with Gasteiger partial charge in [0.15, 0.2) is 5.17 Å². The molecule has 1 aromatic heterocycles. The van der Waals surface area contributed by atoms with Gasteiger partial charge in [0.1, 0.15) is 0 Å². The van der Waals surface area contributed by atoms with Crippen molar-refractivity contribution < 1.29 is 0 Å². The van der Waals surface area contributed by atoms with Crippen LogP contribution in [0.2, 0.25) is 0 Å². The Balaban J connectivity index is 1.59. The molecule has 0 fully saturated rings. The largest absolute Gasteiger partial charge is 0.365 e. The molecule has 0 saturated carbocycles. The number of aliphatic imine (C=N–C) groups is 1. The molecular weight excluding hydrogens is 196 g/mol. The smallest absolute Gasteiger partial charge is 0.156 e. The molecule has 0 aromatic carbocycles. The molecule has 0 bridgehead atoms. The maximum atomic E-state index is 4.32. The third kappa shape index (κ3) is 2.77. The summed E-state index contributed by atoms with van der Waals surface area (Å²) in [5, 5.41) is 8.56. The first-order valence-corrected chi connectivity index (χ1v) is 5.82. The van der Waals surface area contributed by atoms with Gasteiger partial charge in [0.25, 0.3) is 0 Å². The lowest BCUT2D eigenvalue weighted by atomic mass is 10.4. The fourth-order valence-corrected chi connectivity index (χ4v) is 2.07. The van der Waals surface area contributed by atoms with Gasteiger partial charge in [0.05, 0.1) is 6.54 Å². The Labute approximate surface area is 87.8 Å². The van der Waals surface area contributed by atoms with E-state index in [1.807, 2.05) is 23.1 Å². The van der Waals surface area contributed by atoms with E-state index >= 15 is 0 Å². The lowest BCUT2D eigenvalue weighted by molar-refractivity contribution is 0.574. The van der Waals surface area contributed by atoms with Crippen molar-refractivity contribution in [1.82, 2.24) is 15.1 Å². The van der Waals surface area contributed by atoms with Crippen molar-refractivity contribution in [3.63, 3.8) is 0 Å². The van der Waals surface area contributed by atoms with E-state index in [4.69, 9.17) is 0 Å². The molecule has 0 radical (unpaired) electrons. The topological polar surface area (TPSA) is 42.2 Å². The Morgan fingerprint density at radius 3 is 3.29 bits per heavy atom. The van der Waals surface area contributed by atoms with Gasteiger partial charge < -0.3 is 5.32 Å². The number of thioether (sulfide) groups is 1. The van der Waals surface area contributed by atoms with Gasteiger partial charge in [-0.05, 0) is 12.5 Å². The van der Waals surface area contributed by atoms with Gasteiger partial charge >= 0.3 is 0 Å². The molecule has 0 spiro atoms. The van der Waals surface area contributed by atoms with E-state index in [1.165, 1.54) is 0 Å². The second kappa shape index (κ2) is 5.05. The van der Waals surface area contributed by atoms with Crippen molar-refractivity contribution in [2.45, 2.75) is 13.0 Å². The van der Waals surface area contributed by atoms with Gasteiger partial charge in [0, 0.05) is 31.2 Å². The Morgan fingerprint density at radius 1 is 1.57 bits per heavy atom. The minimum Gasteiger partial charge on any atom is -0.365 e. The number of hydrogen-bond donors (Lipinski definition) is 1. The maximum Gasteiger partial charge on any atom is 0.156 e. The average molecular weight is 210 g/mol. The standard InChI is InChI=1S/C9H14N4S/c1(6-13-7-2-4-12-13)3-10-9-11-5-8-14-9/h2,4,7H,1,3,5-6,8H2,(H,10,11). The fraction of sp³-hybridized carbons (Fsp3) is 0.556. The van der Waals surface area contributed by atoms with Crippen LogP contribution in [0.15, 0.2) is 23.5 Å². The highest BCUT2D eigenvalue weighted by atomic mass is 32.2. The lowest BCUT2D eigenvalue weighted by Crippen LogP contribution is -2.21. The molecule has 1 N–H and O–H groups in total. The third-order valence-corrected chi connectivity index (χ3v) is 2.92. The number of rotatable bonds is 4. The Bertz CT molecular complexity index is 294. The summed E-state index contributed by atoms with van der Waals surface area (Å²) in [4.78, 5) is 4.32. The van der Waals surface area contributed by atoms with Gasteiger partial charge in [-0.2, -0.15) is 5.10 Å². The maximum absolute atomic E-state index is 4.32. The summed E-state index contributed by atoms with van der Waals surface area (Å²) in [5.41, 5.74) is 0. The monoisotopic (exact) mass is 210 g/mol. The summed E-state index contributed by atoms with van der Waals surface area (Å²) >= 11 is 1.81. The zero-order chi connectivity index (χ0) is 9.64. The van der Waals surface area contributed by atoms with E-state index in [-0.39, 0.29) is 0 Å². The molecule has 0 atom stereocenters. The highest BCUT2D eigenvalue weighted by molar-refractivity contribution is 8.14. The van der Waals surface area contributed by atoms with Crippen molar-refractivity contribution in [2.24, 2.45) is 4.99 Å². The van der Waals surface area contributed by atoms with Gasteiger partial charge in [0.2, 0.25) is 0 Å². The van der Waals surface area contributed by atoms with E-state index in [0.29, 0.717) is 0 Å². The van der Waals surface area contributed by atoms with E-state index < -0.39 is 0 Å². The summed E-state index contributed by atoms with van der Waals surface area (Å²) in [7, 11) is 0. The van der Waals surface area contributed by atoms with Gasteiger partial charge in [-0.25, -0.2) is 0 Å². The van der Waals surface area contributed by atoms with E-state index in [0.717, 1.165) is 37.0 Å². The van der Waals surface area contributed by atoms with Crippen molar-refractivity contribution in [3.05, 3.63) is 18.5 Å². The molecule has 0 amide bonds. The van der Waals surface area contributed by atoms with Crippen LogP contribution in [0.3, 0.4) is 0 Å². The third-order valence-electron chi connectivity index (χ3n) is 1.98. The average Bonchev–Trinajstić information content (AvgIpc) is 2.86. The van der Waals surface area contributed by atoms with Crippen LogP contribution in [0.4, 0.5) is 0 Å². The number of amidine groups is 1. The second-order valence-electron chi connectivity index (χ2n) is 3.08. The van der Waals surface area contributed by atoms with Crippen LogP contribution in [0.1, 0.15) is 6.42 Å². The first-order chi connectivity index (χ1) is 6.95. The summed E-state index contributed by atoms with van der Waals surface area (Å²) in [6.07, 6.45) is 4.88. The predicted molar refractivity (Wildman–Crippen MR) is 59.6 cm³/mol. The van der Waals surface area contributed by atoms with E-state index in [1.54, 1.807) is 11.8 Å². The number of aryl methyl sites for hydroxylation is 1. The van der Waals surface area contributed by atoms with E-state index in [2.05, 4.69) is 15.4 Å². The molecule has 5 heteroatoms. The summed E-state index contributed by atoms with van der Waals surface area (Å²) < 4.78 is 1.95. The molecule has 4 nitrogen and oxygen atoms in total. The van der Waals surface area contributed by atoms with Crippen LogP contribution in [-0.4, -0.2) is 33.8 Å². The SMILES string of the molecule is c1cnn(CCCNC2=NCCS2)c1. The van der Waals surface area contributed by atoms with Gasteiger partial charge in [-0.1, -0.05) is 11.8 Å². The number of nitrogens with zero attached hydrogens (tertiary/aromatic N) is 3. The summed E-state index contributed by atoms with van der Waals surface area (Å²) in [5.74, 6) is 1.13. The minimum atomic E-state index is 0.964. The Hall–Kier alpha value is -0.970. The van der Waals surface area contributed by atoms with E-state index in [9.17, 15) is 0 Å². The first kappa shape index (κ1) is 9.58. The van der Waals surface area contributed by atoms with Crippen LogP contribution in [-0.2, 0) is 6.54 Å². The number of aromatic nitrogens is 2. The molecule has 14 heavy (non-hydrogen) atoms. The number of hydrogen-bond acceptors (Lipinski definition) is 4. The molecule has 76 valence electrons. The Morgan fingerprint density at radius 2 is 2.57 bits per heavy atom. The fourth-order valence-electron chi connectivity index (χ4n) is 1.31. The van der Waals surface area contributed by atoms with Gasteiger partial charge in [-0.3, -0.25) is 9.67 Å². The highest BCUT2D eigenvalue weighted by Gasteiger charge is 2.04. The first-order valence-electron chi connectivity index (χ1n) is 4.84. The quantitative estimate of drug-likeness (QED) is 0.753. The molecule has 1 aliphatic heterocycles. The van der Waals surface area contributed by atoms with Crippen molar-refractivity contribution >= 4 is 16.9 Å². The molecule has 0 aliphatic carbocycles. The highest BCUT2D eigenvalue weighted by Crippen LogP contribution is 2.08. The van der Waals surface area contributed by atoms with Crippen LogP contribution in [0.25, 0.3) is 0 Å². The van der Waals surface area contributed by atoms with Crippen LogP contribution in [0, 0.1) is 0 Å². The van der Waals surface area contributed by atoms with Crippen LogP contribution < -0.4 is 5.32 Å². The molecule has 2 rings (SSSR count). The zero-order valence-corrected chi connectivity index (χ0v) is 8.83. The van der Waals surface area contributed by atoms with Crippen molar-refractivity contribution in [2.75, 3.05) is 18.8 Å². The molecule has 2 heterocycles. The van der Waals surface area contributed by atoms with Crippen LogP contribution in [0.5, 0.6) is 0 Å². The van der Waals surface area contributed by atoms with Crippen LogP contribution >= 0.6 is 11.8 Å². The summed E-state index contributed by atoms with van der Waals surface area (Å²) in [6, 6.07) is 1.95. The van der Waals surface area contributed by atoms with Crippen molar-refractivity contribution in [1.29, 1.82) is 0 Å². The number of nitrogens with one attached hydrogen (secondary N) is 1. The molecular formula is C9H14N4S. The second-order valence-corrected chi connectivity index (χ2v) is 4.17. The Kier molecular flexibility index (Phi) is 3.45. The molecule has 0 saturated heterocycles.